The highest BCUT2D eigenvalue weighted by molar-refractivity contribution is 5.34. The van der Waals surface area contributed by atoms with Gasteiger partial charge in [-0.2, -0.15) is 23.5 Å². The second kappa shape index (κ2) is 7.80. The van der Waals surface area contributed by atoms with E-state index in [9.17, 15) is 22.8 Å². The highest BCUT2D eigenvalue weighted by Gasteiger charge is 2.34. The molecule has 0 saturated carbocycles. The van der Waals surface area contributed by atoms with Crippen molar-refractivity contribution in [2.75, 3.05) is 0 Å². The van der Waals surface area contributed by atoms with Crippen molar-refractivity contribution in [3.8, 4) is 6.07 Å². The Morgan fingerprint density at radius 1 is 1.04 bits per heavy atom. The van der Waals surface area contributed by atoms with E-state index in [1.165, 1.54) is 47.7 Å². The molecule has 28 heavy (non-hydrogen) atoms. The molecule has 3 rings (SSSR count). The zero-order chi connectivity index (χ0) is 20.2. The second-order valence-electron chi connectivity index (χ2n) is 6.49. The summed E-state index contributed by atoms with van der Waals surface area (Å²) in [5, 5.41) is 14.0. The first-order chi connectivity index (χ1) is 13.3. The maximum absolute atomic E-state index is 13.3. The topological polar surface area (TPSA) is 54.5 Å². The largest absolute Gasteiger partial charge is 0.416 e. The zero-order valence-corrected chi connectivity index (χ0v) is 14.7. The van der Waals surface area contributed by atoms with Gasteiger partial charge < -0.3 is 0 Å². The van der Waals surface area contributed by atoms with Crippen molar-refractivity contribution >= 4 is 0 Å². The Labute approximate surface area is 159 Å². The van der Waals surface area contributed by atoms with Crippen LogP contribution in [0, 0.1) is 17.1 Å². The van der Waals surface area contributed by atoms with Crippen LogP contribution in [0.15, 0.2) is 61.2 Å². The minimum atomic E-state index is -4.43. The van der Waals surface area contributed by atoms with E-state index in [0.29, 0.717) is 11.1 Å². The summed E-state index contributed by atoms with van der Waals surface area (Å²) >= 11 is 0. The molecule has 1 unspecified atom stereocenters. The summed E-state index contributed by atoms with van der Waals surface area (Å²) in [6.07, 6.45) is -1.17. The summed E-state index contributed by atoms with van der Waals surface area (Å²) in [4.78, 5) is 3.86. The molecule has 0 spiro atoms. The van der Waals surface area contributed by atoms with E-state index < -0.39 is 23.0 Å². The van der Waals surface area contributed by atoms with Gasteiger partial charge in [-0.15, -0.1) is 0 Å². The van der Waals surface area contributed by atoms with Gasteiger partial charge in [0.15, 0.2) is 0 Å². The molecule has 4 nitrogen and oxygen atoms in total. The molecule has 0 radical (unpaired) electrons. The molecule has 0 saturated heterocycles. The molecule has 0 bridgehead atoms. The zero-order valence-electron chi connectivity index (χ0n) is 14.7. The van der Waals surface area contributed by atoms with Crippen LogP contribution in [-0.2, 0) is 24.6 Å². The molecule has 0 aliphatic carbocycles. The summed E-state index contributed by atoms with van der Waals surface area (Å²) in [5.41, 5.74) is -0.796. The lowest BCUT2D eigenvalue weighted by atomic mass is 9.77. The Hall–Kier alpha value is -3.21. The first-order valence-corrected chi connectivity index (χ1v) is 8.48. The minimum Gasteiger partial charge on any atom is -0.251 e. The molecule has 0 amide bonds. The second-order valence-corrected chi connectivity index (χ2v) is 6.49. The fraction of sp³-hybridized carbons (Fsp3) is 0.250. The summed E-state index contributed by atoms with van der Waals surface area (Å²) in [5.74, 6) is -0.436. The molecule has 2 aromatic carbocycles. The number of halogens is 4. The van der Waals surface area contributed by atoms with Crippen molar-refractivity contribution in [2.24, 2.45) is 0 Å². The molecule has 1 atom stereocenters. The van der Waals surface area contributed by atoms with Gasteiger partial charge in [0.1, 0.15) is 23.9 Å². The van der Waals surface area contributed by atoms with E-state index in [2.05, 4.69) is 16.2 Å². The van der Waals surface area contributed by atoms with Crippen molar-refractivity contribution < 1.29 is 17.6 Å². The van der Waals surface area contributed by atoms with Crippen LogP contribution in [0.1, 0.15) is 23.1 Å². The van der Waals surface area contributed by atoms with Gasteiger partial charge in [-0.3, -0.25) is 4.68 Å². The van der Waals surface area contributed by atoms with Crippen molar-refractivity contribution in [3.05, 3.63) is 83.7 Å². The number of rotatable bonds is 6. The van der Waals surface area contributed by atoms with Crippen LogP contribution in [-0.4, -0.2) is 14.8 Å². The predicted molar refractivity (Wildman–Crippen MR) is 93.5 cm³/mol. The quantitative estimate of drug-likeness (QED) is 0.583. The number of nitrogens with zero attached hydrogens (tertiary/aromatic N) is 4. The van der Waals surface area contributed by atoms with Crippen molar-refractivity contribution in [2.45, 2.75) is 31.0 Å². The minimum absolute atomic E-state index is 0.147. The van der Waals surface area contributed by atoms with Crippen molar-refractivity contribution in [3.63, 3.8) is 0 Å². The monoisotopic (exact) mass is 388 g/mol. The predicted octanol–water partition coefficient (Wildman–Crippen LogP) is 4.53. The Kier molecular flexibility index (Phi) is 5.45. The maximum Gasteiger partial charge on any atom is 0.416 e. The Morgan fingerprint density at radius 2 is 1.79 bits per heavy atom. The van der Waals surface area contributed by atoms with Crippen molar-refractivity contribution in [1.29, 1.82) is 5.26 Å². The van der Waals surface area contributed by atoms with Crippen LogP contribution in [0.2, 0.25) is 0 Å². The van der Waals surface area contributed by atoms with E-state index in [4.69, 9.17) is 0 Å². The molecule has 144 valence electrons. The van der Waals surface area contributed by atoms with Crippen LogP contribution in [0.3, 0.4) is 0 Å². The van der Waals surface area contributed by atoms with E-state index in [1.807, 2.05) is 0 Å². The number of hydrogen-bond acceptors (Lipinski definition) is 3. The van der Waals surface area contributed by atoms with Gasteiger partial charge in [-0.1, -0.05) is 30.3 Å². The average Bonchev–Trinajstić information content (AvgIpc) is 3.18. The molecule has 3 aromatic rings. The van der Waals surface area contributed by atoms with Crippen LogP contribution in [0.4, 0.5) is 17.6 Å². The number of alkyl halides is 3. The van der Waals surface area contributed by atoms with E-state index in [-0.39, 0.29) is 19.4 Å². The lowest BCUT2D eigenvalue weighted by molar-refractivity contribution is -0.137. The SMILES string of the molecule is N#CC(CCc1cccc(C(F)(F)F)c1)(Cn1cncn1)c1ccc(F)cc1. The van der Waals surface area contributed by atoms with E-state index >= 15 is 0 Å². The summed E-state index contributed by atoms with van der Waals surface area (Å²) in [6.45, 7) is 0.147. The lowest BCUT2D eigenvalue weighted by Crippen LogP contribution is -2.31. The molecule has 1 aromatic heterocycles. The molecule has 0 fully saturated rings. The summed E-state index contributed by atoms with van der Waals surface area (Å²) < 4.78 is 53.7. The lowest BCUT2D eigenvalue weighted by Gasteiger charge is -2.27. The Balaban J connectivity index is 1.91. The van der Waals surface area contributed by atoms with Gasteiger partial charge in [-0.05, 0) is 42.2 Å². The number of benzene rings is 2. The molecular formula is C20H16F4N4. The molecule has 0 aliphatic heterocycles. The third-order valence-corrected chi connectivity index (χ3v) is 4.60. The molecule has 0 N–H and O–H groups in total. The van der Waals surface area contributed by atoms with Gasteiger partial charge in [-0.25, -0.2) is 9.37 Å². The number of nitriles is 1. The first-order valence-electron chi connectivity index (χ1n) is 8.48. The first kappa shape index (κ1) is 19.5. The van der Waals surface area contributed by atoms with Gasteiger partial charge in [0.05, 0.1) is 18.2 Å². The highest BCUT2D eigenvalue weighted by atomic mass is 19.4. The maximum atomic E-state index is 13.3. The Morgan fingerprint density at radius 3 is 2.39 bits per heavy atom. The summed E-state index contributed by atoms with van der Waals surface area (Å²) in [6, 6.07) is 12.9. The van der Waals surface area contributed by atoms with Gasteiger partial charge in [0.25, 0.3) is 0 Å². The van der Waals surface area contributed by atoms with Gasteiger partial charge in [0, 0.05) is 0 Å². The van der Waals surface area contributed by atoms with Gasteiger partial charge >= 0.3 is 6.18 Å². The van der Waals surface area contributed by atoms with Crippen LogP contribution < -0.4 is 0 Å². The van der Waals surface area contributed by atoms with Gasteiger partial charge in [0.2, 0.25) is 0 Å². The molecule has 1 heterocycles. The third-order valence-electron chi connectivity index (χ3n) is 4.60. The van der Waals surface area contributed by atoms with Crippen molar-refractivity contribution in [1.82, 2.24) is 14.8 Å². The van der Waals surface area contributed by atoms with E-state index in [1.54, 1.807) is 6.07 Å². The normalized spacial score (nSPS) is 13.7. The number of hydrogen-bond donors (Lipinski definition) is 0. The number of aromatic nitrogens is 3. The molecule has 8 heteroatoms. The molecule has 0 aliphatic rings. The van der Waals surface area contributed by atoms with E-state index in [0.717, 1.165) is 12.1 Å². The Bertz CT molecular complexity index is 959. The number of aryl methyl sites for hydroxylation is 1. The van der Waals surface area contributed by atoms with Crippen LogP contribution >= 0.6 is 0 Å². The molecular weight excluding hydrogens is 372 g/mol. The fourth-order valence-corrected chi connectivity index (χ4v) is 3.09. The smallest absolute Gasteiger partial charge is 0.251 e. The standard InChI is InChI=1S/C20H16F4N4/c21-18-6-4-16(5-7-18)19(11-25,12-28-14-26-13-27-28)9-8-15-2-1-3-17(10-15)20(22,23)24/h1-7,10,13-14H,8-9,12H2. The van der Waals surface area contributed by atoms with Crippen LogP contribution in [0.25, 0.3) is 0 Å². The average molecular weight is 388 g/mol. The summed E-state index contributed by atoms with van der Waals surface area (Å²) in [7, 11) is 0. The fourth-order valence-electron chi connectivity index (χ4n) is 3.09. The third kappa shape index (κ3) is 4.36. The van der Waals surface area contributed by atoms with Crippen LogP contribution in [0.5, 0.6) is 0 Å². The highest BCUT2D eigenvalue weighted by Crippen LogP contribution is 2.33.